The highest BCUT2D eigenvalue weighted by molar-refractivity contribution is 5.58. The minimum absolute atomic E-state index is 0.0431. The van der Waals surface area contributed by atoms with Gasteiger partial charge in [-0.3, -0.25) is 9.36 Å². The zero-order valence-electron chi connectivity index (χ0n) is 22.2. The van der Waals surface area contributed by atoms with Gasteiger partial charge in [-0.25, -0.2) is 4.99 Å². The number of aromatic nitrogens is 1. The summed E-state index contributed by atoms with van der Waals surface area (Å²) in [5.41, 5.74) is 5.16. The Hall–Kier alpha value is -3.84. The number of fused-ring (bicyclic) bond motifs is 2. The molecule has 0 spiro atoms. The Balaban J connectivity index is 1.37. The quantitative estimate of drug-likeness (QED) is 0.571. The molecule has 6 rings (SSSR count). The van der Waals surface area contributed by atoms with Gasteiger partial charge in [0.2, 0.25) is 0 Å². The largest absolute Gasteiger partial charge is 0.493 e. The first-order valence-electron chi connectivity index (χ1n) is 13.7. The van der Waals surface area contributed by atoms with Gasteiger partial charge in [0.15, 0.2) is 0 Å². The summed E-state index contributed by atoms with van der Waals surface area (Å²) >= 11 is 0. The summed E-state index contributed by atoms with van der Waals surface area (Å²) < 4.78 is 7.76. The molecule has 1 saturated heterocycles. The Kier molecular flexibility index (Phi) is 6.77. The molecule has 3 aliphatic heterocycles. The highest BCUT2D eigenvalue weighted by Crippen LogP contribution is 2.33. The maximum Gasteiger partial charge on any atom is 0.252 e. The Bertz CT molecular complexity index is 1530. The molecular weight excluding hydrogens is 474 g/mol. The van der Waals surface area contributed by atoms with Crippen molar-refractivity contribution in [1.29, 1.82) is 0 Å². The van der Waals surface area contributed by atoms with Crippen LogP contribution in [0.1, 0.15) is 37.8 Å². The molecule has 2 aromatic carbocycles. The SMILES string of the molecule is CCC1=C(Nc2ccc(N3CCN(C)CC3)cc2)N=c2c(ccc(=O)n2C2CCOc3ccccc32)=CC1. The number of hydrogen-bond acceptors (Lipinski definition) is 6. The van der Waals surface area contributed by atoms with E-state index in [2.05, 4.69) is 65.5 Å². The predicted octanol–water partition coefficient (Wildman–Crippen LogP) is 3.51. The highest BCUT2D eigenvalue weighted by Gasteiger charge is 2.25. The molecule has 0 aliphatic carbocycles. The topological polar surface area (TPSA) is 62.1 Å². The third-order valence-corrected chi connectivity index (χ3v) is 7.91. The van der Waals surface area contributed by atoms with Crippen LogP contribution in [0, 0.1) is 0 Å². The summed E-state index contributed by atoms with van der Waals surface area (Å²) in [6.07, 6.45) is 4.59. The van der Waals surface area contributed by atoms with Crippen molar-refractivity contribution in [1.82, 2.24) is 9.47 Å². The maximum absolute atomic E-state index is 13.3. The molecule has 1 fully saturated rings. The number of allylic oxidation sites excluding steroid dienone is 1. The summed E-state index contributed by atoms with van der Waals surface area (Å²) in [6, 6.07) is 20.1. The lowest BCUT2D eigenvalue weighted by molar-refractivity contribution is 0.252. The molecule has 7 nitrogen and oxygen atoms in total. The number of hydrogen-bond donors (Lipinski definition) is 1. The van der Waals surface area contributed by atoms with Gasteiger partial charge in [-0.2, -0.15) is 0 Å². The lowest BCUT2D eigenvalue weighted by atomic mass is 10.00. The smallest absolute Gasteiger partial charge is 0.252 e. The van der Waals surface area contributed by atoms with Crippen molar-refractivity contribution < 1.29 is 4.74 Å². The van der Waals surface area contributed by atoms with E-state index in [1.54, 1.807) is 6.07 Å². The van der Waals surface area contributed by atoms with Gasteiger partial charge in [-0.1, -0.05) is 31.2 Å². The molecule has 3 aliphatic rings. The summed E-state index contributed by atoms with van der Waals surface area (Å²) in [7, 11) is 2.18. The van der Waals surface area contributed by atoms with E-state index >= 15 is 0 Å². The van der Waals surface area contributed by atoms with Crippen LogP contribution in [0.15, 0.2) is 81.8 Å². The summed E-state index contributed by atoms with van der Waals surface area (Å²) in [6.45, 7) is 6.99. The lowest BCUT2D eigenvalue weighted by Crippen LogP contribution is -2.46. The van der Waals surface area contributed by atoms with Gasteiger partial charge in [-0.05, 0) is 61.9 Å². The number of para-hydroxylation sites is 1. The van der Waals surface area contributed by atoms with Crippen molar-refractivity contribution in [3.8, 4) is 5.75 Å². The number of likely N-dealkylation sites (N-methyl/N-ethyl adjacent to an activating group) is 1. The van der Waals surface area contributed by atoms with Crippen molar-refractivity contribution in [2.75, 3.05) is 50.1 Å². The lowest BCUT2D eigenvalue weighted by Gasteiger charge is -2.34. The number of nitrogens with zero attached hydrogens (tertiary/aromatic N) is 4. The number of rotatable bonds is 5. The molecule has 1 aromatic heterocycles. The third kappa shape index (κ3) is 4.74. The molecule has 3 aromatic rings. The van der Waals surface area contributed by atoms with E-state index in [4.69, 9.17) is 9.73 Å². The first-order valence-corrected chi connectivity index (χ1v) is 13.7. The van der Waals surface area contributed by atoms with E-state index in [-0.39, 0.29) is 11.6 Å². The normalized spacial score (nSPS) is 19.4. The van der Waals surface area contributed by atoms with Gasteiger partial charge in [0.1, 0.15) is 17.1 Å². The second kappa shape index (κ2) is 10.5. The fourth-order valence-corrected chi connectivity index (χ4v) is 5.63. The monoisotopic (exact) mass is 509 g/mol. The van der Waals surface area contributed by atoms with Crippen LogP contribution in [0.2, 0.25) is 0 Å². The van der Waals surface area contributed by atoms with E-state index in [0.717, 1.165) is 73.5 Å². The van der Waals surface area contributed by atoms with Crippen molar-refractivity contribution in [2.24, 2.45) is 4.99 Å². The minimum Gasteiger partial charge on any atom is -0.493 e. The van der Waals surface area contributed by atoms with Crippen molar-refractivity contribution in [3.05, 3.63) is 98.7 Å². The van der Waals surface area contributed by atoms with E-state index in [1.165, 1.54) is 11.3 Å². The van der Waals surface area contributed by atoms with Crippen LogP contribution in [-0.2, 0) is 0 Å². The van der Waals surface area contributed by atoms with Gasteiger partial charge >= 0.3 is 0 Å². The molecular formula is C31H35N5O2. The minimum atomic E-state index is -0.119. The van der Waals surface area contributed by atoms with Gasteiger partial charge in [0, 0.05) is 60.8 Å². The van der Waals surface area contributed by atoms with E-state index in [9.17, 15) is 4.79 Å². The summed E-state index contributed by atoms with van der Waals surface area (Å²) in [5.74, 6) is 1.67. The molecule has 7 heteroatoms. The third-order valence-electron chi connectivity index (χ3n) is 7.91. The van der Waals surface area contributed by atoms with Crippen molar-refractivity contribution in [3.63, 3.8) is 0 Å². The second-order valence-electron chi connectivity index (χ2n) is 10.3. The van der Waals surface area contributed by atoms with Crippen LogP contribution in [0.5, 0.6) is 5.75 Å². The van der Waals surface area contributed by atoms with Gasteiger partial charge < -0.3 is 19.9 Å². The van der Waals surface area contributed by atoms with Crippen molar-refractivity contribution >= 4 is 17.5 Å². The first-order chi connectivity index (χ1) is 18.6. The van der Waals surface area contributed by atoms with E-state index in [0.29, 0.717) is 12.1 Å². The number of piperazine rings is 1. The Labute approximate surface area is 223 Å². The van der Waals surface area contributed by atoms with E-state index < -0.39 is 0 Å². The number of pyridine rings is 1. The fraction of sp³-hybridized carbons (Fsp3) is 0.355. The number of anilines is 2. The predicted molar refractivity (Wildman–Crippen MR) is 152 cm³/mol. The fourth-order valence-electron chi connectivity index (χ4n) is 5.63. The first kappa shape index (κ1) is 24.5. The van der Waals surface area contributed by atoms with Gasteiger partial charge in [0.25, 0.3) is 5.56 Å². The van der Waals surface area contributed by atoms with Crippen molar-refractivity contribution in [2.45, 2.75) is 32.2 Å². The number of nitrogens with one attached hydrogen (secondary N) is 1. The zero-order chi connectivity index (χ0) is 26.1. The second-order valence-corrected chi connectivity index (χ2v) is 10.3. The van der Waals surface area contributed by atoms with E-state index in [1.807, 2.05) is 28.8 Å². The average Bonchev–Trinajstić information content (AvgIpc) is 3.12. The molecule has 0 radical (unpaired) electrons. The molecule has 1 unspecified atom stereocenters. The molecule has 0 amide bonds. The van der Waals surface area contributed by atoms with Crippen LogP contribution in [0.3, 0.4) is 0 Å². The molecule has 1 N–H and O–H groups in total. The highest BCUT2D eigenvalue weighted by atomic mass is 16.5. The molecule has 38 heavy (non-hydrogen) atoms. The molecule has 0 bridgehead atoms. The van der Waals surface area contributed by atoms with Gasteiger partial charge in [0.05, 0.1) is 12.6 Å². The molecule has 1 atom stereocenters. The number of ether oxygens (including phenoxy) is 1. The summed E-state index contributed by atoms with van der Waals surface area (Å²) in [4.78, 5) is 23.3. The Morgan fingerprint density at radius 3 is 2.58 bits per heavy atom. The Morgan fingerprint density at radius 1 is 1.00 bits per heavy atom. The molecule has 0 saturated carbocycles. The average molecular weight is 510 g/mol. The maximum atomic E-state index is 13.3. The molecule has 196 valence electrons. The van der Waals surface area contributed by atoms with Crippen LogP contribution in [-0.4, -0.2) is 49.3 Å². The standard InChI is InChI=1S/C31H35N5O2/c1-3-22-8-9-23-10-15-29(37)36(27-16-21-38-28-7-5-4-6-26(27)28)31(23)33-30(22)32-24-11-13-25(14-12-24)35-19-17-34(2)18-20-35/h4-7,9-15,27,32H,3,8,16-21H2,1-2H3. The Morgan fingerprint density at radius 2 is 1.79 bits per heavy atom. The van der Waals surface area contributed by atoms with Crippen LogP contribution >= 0.6 is 0 Å². The van der Waals surface area contributed by atoms with Crippen LogP contribution in [0.4, 0.5) is 11.4 Å². The van der Waals surface area contributed by atoms with Crippen LogP contribution < -0.4 is 31.2 Å². The summed E-state index contributed by atoms with van der Waals surface area (Å²) in [5, 5.41) is 4.58. The molecule has 4 heterocycles. The number of benzene rings is 2. The van der Waals surface area contributed by atoms with Gasteiger partial charge in [-0.15, -0.1) is 0 Å². The van der Waals surface area contributed by atoms with Crippen LogP contribution in [0.25, 0.3) is 6.08 Å². The zero-order valence-corrected chi connectivity index (χ0v) is 22.2.